The van der Waals surface area contributed by atoms with Gasteiger partial charge in [-0.15, -0.1) is 0 Å². The number of fused-ring (bicyclic) bond motifs is 1. The van der Waals surface area contributed by atoms with Crippen LogP contribution in [0.5, 0.6) is 0 Å². The Kier molecular flexibility index (Phi) is 6.98. The molecule has 0 aliphatic heterocycles. The first-order valence-corrected chi connectivity index (χ1v) is 12.7. The number of hydrogen-bond donors (Lipinski definition) is 2. The van der Waals surface area contributed by atoms with E-state index in [9.17, 15) is 4.79 Å². The Morgan fingerprint density at radius 2 is 1.79 bits per heavy atom. The third kappa shape index (κ3) is 4.60. The number of hydrogen-bond acceptors (Lipinski definition) is 5. The van der Waals surface area contributed by atoms with Gasteiger partial charge < -0.3 is 0 Å². The van der Waals surface area contributed by atoms with Gasteiger partial charge in [-0.05, 0) is 0 Å². The first-order valence-electron chi connectivity index (χ1n) is 10.1. The molecular formula is C23H23Cl2N4O3P. The van der Waals surface area contributed by atoms with E-state index in [2.05, 4.69) is 20.3 Å². The Labute approximate surface area is 202 Å². The van der Waals surface area contributed by atoms with Crippen LogP contribution in [-0.4, -0.2) is 35.1 Å². The second-order valence-corrected chi connectivity index (χ2v) is 11.5. The maximum absolute atomic E-state index is 13.4. The van der Waals surface area contributed by atoms with Gasteiger partial charge in [0.25, 0.3) is 0 Å². The number of rotatable bonds is 7. The van der Waals surface area contributed by atoms with Crippen molar-refractivity contribution >= 4 is 58.3 Å². The van der Waals surface area contributed by atoms with E-state index in [-0.39, 0.29) is 12.5 Å². The second-order valence-electron chi connectivity index (χ2n) is 7.54. The van der Waals surface area contributed by atoms with Gasteiger partial charge in [0, 0.05) is 0 Å². The fourth-order valence-corrected chi connectivity index (χ4v) is 7.68. The van der Waals surface area contributed by atoms with Gasteiger partial charge in [-0.1, -0.05) is 0 Å². The van der Waals surface area contributed by atoms with Crippen LogP contribution in [-0.2, 0) is 15.6 Å². The monoisotopic (exact) mass is 504 g/mol. The van der Waals surface area contributed by atoms with Crippen LogP contribution in [0.1, 0.15) is 21.6 Å². The Hall–Kier alpha value is -2.54. The third-order valence-corrected chi connectivity index (χ3v) is 9.21. The summed E-state index contributed by atoms with van der Waals surface area (Å²) in [5, 5.41) is 6.19. The average Bonchev–Trinajstić information content (AvgIpc) is 3.18. The molecule has 2 heterocycles. The molecule has 2 N–H and O–H groups in total. The minimum absolute atomic E-state index is 0.264. The summed E-state index contributed by atoms with van der Waals surface area (Å²) >= 11 is 12.7. The molecule has 1 amide bonds. The molecule has 172 valence electrons. The molecule has 33 heavy (non-hydrogen) atoms. The number of carbonyl (C=O) groups excluding carboxylic acids is 1. The van der Waals surface area contributed by atoms with E-state index in [0.717, 1.165) is 27.3 Å². The van der Waals surface area contributed by atoms with Crippen molar-refractivity contribution in [2.24, 2.45) is 0 Å². The zero-order valence-electron chi connectivity index (χ0n) is 18.3. The number of halogens is 2. The molecular weight excluding hydrogens is 482 g/mol. The van der Waals surface area contributed by atoms with E-state index in [1.807, 2.05) is 37.3 Å². The summed E-state index contributed by atoms with van der Waals surface area (Å²) in [5.41, 5.74) is 2.82. The minimum atomic E-state index is -3.37. The first-order chi connectivity index (χ1) is 15.9. The third-order valence-electron chi connectivity index (χ3n) is 5.38. The number of H-pyrrole nitrogens is 1. The summed E-state index contributed by atoms with van der Waals surface area (Å²) in [6.45, 7) is 2.21. The Bertz CT molecular complexity index is 1290. The van der Waals surface area contributed by atoms with Crippen molar-refractivity contribution < 1.29 is 13.8 Å². The van der Waals surface area contributed by atoms with E-state index in [1.54, 1.807) is 32.7 Å². The van der Waals surface area contributed by atoms with E-state index >= 15 is 0 Å². The molecule has 0 atom stereocenters. The number of carbonyl (C=O) groups is 1. The van der Waals surface area contributed by atoms with Gasteiger partial charge in [-0.25, -0.2) is 0 Å². The van der Waals surface area contributed by atoms with E-state index in [0.29, 0.717) is 21.0 Å². The van der Waals surface area contributed by atoms with Gasteiger partial charge in [-0.2, -0.15) is 0 Å². The number of aryl methyl sites for hydroxylation is 1. The number of nitrogens with one attached hydrogen (secondary N) is 2. The quantitative estimate of drug-likeness (QED) is 0.365. The molecule has 2 aromatic carbocycles. The maximum atomic E-state index is 13.4. The predicted octanol–water partition coefficient (Wildman–Crippen LogP) is 4.33. The van der Waals surface area contributed by atoms with Crippen LogP contribution < -0.4 is 15.9 Å². The van der Waals surface area contributed by atoms with Gasteiger partial charge >= 0.3 is 202 Å². The van der Waals surface area contributed by atoms with Crippen molar-refractivity contribution in [2.75, 3.05) is 14.2 Å². The predicted molar refractivity (Wildman–Crippen MR) is 134 cm³/mol. The van der Waals surface area contributed by atoms with Gasteiger partial charge in [0.05, 0.1) is 0 Å². The topological polar surface area (TPSA) is 89.1 Å². The van der Waals surface area contributed by atoms with Gasteiger partial charge in [0.1, 0.15) is 0 Å². The van der Waals surface area contributed by atoms with Gasteiger partial charge in [-0.3, -0.25) is 0 Å². The number of nitrogens with zero attached hydrogens (tertiary/aromatic N) is 2. The van der Waals surface area contributed by atoms with Crippen LogP contribution in [0, 0.1) is 6.92 Å². The molecule has 10 heteroatoms. The number of aromatic amines is 1. The number of benzene rings is 2. The zero-order valence-corrected chi connectivity index (χ0v) is 20.8. The zero-order chi connectivity index (χ0) is 23.6. The summed E-state index contributed by atoms with van der Waals surface area (Å²) in [7, 11) is -0.206. The number of amides is 1. The van der Waals surface area contributed by atoms with Crippen molar-refractivity contribution in [3.8, 4) is 0 Å². The molecule has 0 unspecified atom stereocenters. The molecule has 0 saturated heterocycles. The van der Waals surface area contributed by atoms with Gasteiger partial charge in [0.15, 0.2) is 0 Å². The van der Waals surface area contributed by atoms with Crippen LogP contribution in [0.25, 0.3) is 10.9 Å². The van der Waals surface area contributed by atoms with Crippen molar-refractivity contribution in [1.29, 1.82) is 0 Å². The molecule has 0 radical (unpaired) electrons. The fraction of sp³-hybridized carbons (Fsp3) is 0.174. The molecule has 0 spiro atoms. The van der Waals surface area contributed by atoms with Crippen molar-refractivity contribution in [3.05, 3.63) is 82.0 Å². The molecule has 0 aliphatic rings. The summed E-state index contributed by atoms with van der Waals surface area (Å²) in [5.74, 6) is -0.314. The summed E-state index contributed by atoms with van der Waals surface area (Å²) in [4.78, 5) is 24.6. The molecule has 7 nitrogen and oxygen atoms in total. The van der Waals surface area contributed by atoms with Crippen LogP contribution in [0.2, 0.25) is 10.0 Å². The molecule has 2 aromatic heterocycles. The van der Waals surface area contributed by atoms with Crippen molar-refractivity contribution in [2.45, 2.75) is 13.5 Å². The normalized spacial score (nSPS) is 12.2. The van der Waals surface area contributed by atoms with Crippen LogP contribution in [0.3, 0.4) is 0 Å². The summed E-state index contributed by atoms with van der Waals surface area (Å²) in [6, 6.07) is 11.0. The number of aromatic nitrogens is 3. The Morgan fingerprint density at radius 3 is 2.45 bits per heavy atom. The molecule has 0 aliphatic carbocycles. The molecule has 0 bridgehead atoms. The van der Waals surface area contributed by atoms with E-state index in [4.69, 9.17) is 32.2 Å². The van der Waals surface area contributed by atoms with E-state index < -0.39 is 7.72 Å². The first kappa shape index (κ1) is 23.6. The summed E-state index contributed by atoms with van der Waals surface area (Å²) < 4.78 is 12.2. The molecule has 4 aromatic rings. The average molecular weight is 505 g/mol. The second kappa shape index (κ2) is 9.75. The van der Waals surface area contributed by atoms with Crippen LogP contribution in [0.15, 0.2) is 55.1 Å². The Morgan fingerprint density at radius 1 is 1.06 bits per heavy atom. The molecule has 4 rings (SSSR count). The van der Waals surface area contributed by atoms with Crippen molar-refractivity contribution in [1.82, 2.24) is 20.3 Å². The van der Waals surface area contributed by atoms with Crippen LogP contribution in [0.4, 0.5) is 0 Å². The molecule has 0 fully saturated rings. The molecule has 0 saturated carbocycles. The van der Waals surface area contributed by atoms with Gasteiger partial charge in [0.2, 0.25) is 0 Å². The summed E-state index contributed by atoms with van der Waals surface area (Å²) in [6.07, 6.45) is 4.74. The van der Waals surface area contributed by atoms with Crippen molar-refractivity contribution in [3.63, 3.8) is 0 Å². The SMILES string of the molecule is CO[PH](OC)(c1cc(C)cc(Cl)c1)c1c(C(=O)NCc2cncnc2)[nH]c2ccc(Cl)cc12. The standard InChI is InChI=1S/C23H23Cl2N4O3P/c1-14-6-17(25)8-18(7-14)33(31-2,32-3)22-19-9-16(24)4-5-20(19)29-21(22)23(30)28-12-15-10-26-13-27-11-15/h4-11,13,29,33H,12H2,1-3H3,(H,28,30). The fourth-order valence-electron chi connectivity index (χ4n) is 3.96. The van der Waals surface area contributed by atoms with Crippen LogP contribution >= 0.6 is 30.9 Å². The Balaban J connectivity index is 1.90. The van der Waals surface area contributed by atoms with E-state index in [1.165, 1.54) is 6.33 Å².